The van der Waals surface area contributed by atoms with Gasteiger partial charge < -0.3 is 9.66 Å². The van der Waals surface area contributed by atoms with Crippen LogP contribution < -0.4 is 29.6 Å². The van der Waals surface area contributed by atoms with Crippen LogP contribution >= 0.6 is 0 Å². The average molecular weight is 457 g/mol. The third-order valence-electron chi connectivity index (χ3n) is 6.05. The quantitative estimate of drug-likeness (QED) is 0.151. The van der Waals surface area contributed by atoms with Gasteiger partial charge in [-0.05, 0) is 25.7 Å². The van der Waals surface area contributed by atoms with Crippen LogP contribution in [0.4, 0.5) is 0 Å². The fourth-order valence-electron chi connectivity index (χ4n) is 4.01. The van der Waals surface area contributed by atoms with E-state index < -0.39 is 15.4 Å². The maximum absolute atomic E-state index is 11.2. The van der Waals surface area contributed by atoms with Gasteiger partial charge in [-0.15, -0.1) is 0 Å². The van der Waals surface area contributed by atoms with Gasteiger partial charge >= 0.3 is 29.6 Å². The maximum Gasteiger partial charge on any atom is 1.00 e. The van der Waals surface area contributed by atoms with Crippen LogP contribution in [0.15, 0.2) is 0 Å². The van der Waals surface area contributed by atoms with Crippen LogP contribution in [0.1, 0.15) is 142 Å². The Balaban J connectivity index is 0. The predicted molar refractivity (Wildman–Crippen MR) is 123 cm³/mol. The van der Waals surface area contributed by atoms with Crippen molar-refractivity contribution in [3.8, 4) is 0 Å². The standard InChI is InChI=1S/C24H50O4S.Na/c1-3-20-24(29(26,27)28)22-19-17-15-13-11-9-7-5-6-8-10-12-14-16-18-21-23(25)4-2;/h23-25H,3-22H2,1-2H3,(H,26,27,28);/q;+1/p-1. The molecule has 6 heteroatoms. The molecule has 0 radical (unpaired) electrons. The van der Waals surface area contributed by atoms with Crippen LogP contribution in [0.5, 0.6) is 0 Å². The first-order chi connectivity index (χ1) is 13.9. The number of rotatable bonds is 22. The molecule has 0 rings (SSSR count). The van der Waals surface area contributed by atoms with Crippen molar-refractivity contribution in [2.24, 2.45) is 0 Å². The van der Waals surface area contributed by atoms with Crippen molar-refractivity contribution < 1.29 is 47.6 Å². The van der Waals surface area contributed by atoms with Crippen molar-refractivity contribution in [3.63, 3.8) is 0 Å². The topological polar surface area (TPSA) is 77.4 Å². The Morgan fingerprint density at radius 1 is 0.633 bits per heavy atom. The smallest absolute Gasteiger partial charge is 0.748 e. The van der Waals surface area contributed by atoms with Gasteiger partial charge in [0.05, 0.1) is 16.2 Å². The maximum atomic E-state index is 11.2. The summed E-state index contributed by atoms with van der Waals surface area (Å²) < 4.78 is 33.5. The van der Waals surface area contributed by atoms with E-state index in [0.29, 0.717) is 12.8 Å². The first-order valence-electron chi connectivity index (χ1n) is 12.5. The fraction of sp³-hybridized carbons (Fsp3) is 1.00. The summed E-state index contributed by atoms with van der Waals surface area (Å²) in [6, 6.07) is 0. The minimum absolute atomic E-state index is 0. The molecule has 2 unspecified atom stereocenters. The van der Waals surface area contributed by atoms with Gasteiger partial charge in [0, 0.05) is 5.25 Å². The summed E-state index contributed by atoms with van der Waals surface area (Å²) in [6.45, 7) is 3.98. The second-order valence-corrected chi connectivity index (χ2v) is 10.5. The molecule has 0 aliphatic rings. The first-order valence-corrected chi connectivity index (χ1v) is 14.0. The third kappa shape index (κ3) is 22.1. The minimum Gasteiger partial charge on any atom is -0.748 e. The molecule has 2 atom stereocenters. The van der Waals surface area contributed by atoms with Crippen LogP contribution in [0, 0.1) is 0 Å². The molecule has 4 nitrogen and oxygen atoms in total. The summed E-state index contributed by atoms with van der Waals surface area (Å²) in [7, 11) is -4.11. The molecule has 0 aliphatic carbocycles. The fourth-order valence-corrected chi connectivity index (χ4v) is 4.99. The SMILES string of the molecule is CCCC(CCCCCCCCCCCCCCCCCC(O)CC)S(=O)(=O)[O-].[Na+]. The molecule has 1 N–H and O–H groups in total. The summed E-state index contributed by atoms with van der Waals surface area (Å²) in [6.07, 6.45) is 22.3. The van der Waals surface area contributed by atoms with Crippen LogP contribution in [0.2, 0.25) is 0 Å². The molecular formula is C24H49NaO4S. The summed E-state index contributed by atoms with van der Waals surface area (Å²) in [5.41, 5.74) is 0. The predicted octanol–water partition coefficient (Wildman–Crippen LogP) is 4.11. The van der Waals surface area contributed by atoms with Crippen molar-refractivity contribution in [1.82, 2.24) is 0 Å². The molecule has 0 saturated heterocycles. The van der Waals surface area contributed by atoms with Gasteiger partial charge in [-0.25, -0.2) is 8.42 Å². The first kappa shape index (κ1) is 33.0. The zero-order valence-electron chi connectivity index (χ0n) is 20.4. The van der Waals surface area contributed by atoms with Crippen molar-refractivity contribution in [2.45, 2.75) is 154 Å². The van der Waals surface area contributed by atoms with Gasteiger partial charge in [0.15, 0.2) is 0 Å². The molecule has 30 heavy (non-hydrogen) atoms. The molecule has 0 amide bonds. The Bertz CT molecular complexity index is 442. The zero-order valence-corrected chi connectivity index (χ0v) is 23.2. The Morgan fingerprint density at radius 2 is 0.967 bits per heavy atom. The number of unbranched alkanes of at least 4 members (excludes halogenated alkanes) is 14. The van der Waals surface area contributed by atoms with E-state index in [4.69, 9.17) is 0 Å². The van der Waals surface area contributed by atoms with Crippen molar-refractivity contribution in [2.75, 3.05) is 0 Å². The average Bonchev–Trinajstić information content (AvgIpc) is 2.68. The molecule has 0 aromatic carbocycles. The Labute approximate surface area is 210 Å². The van der Waals surface area contributed by atoms with E-state index in [1.165, 1.54) is 77.0 Å². The monoisotopic (exact) mass is 456 g/mol. The summed E-state index contributed by atoms with van der Waals surface area (Å²) in [5, 5.41) is 8.84. The number of hydrogen-bond acceptors (Lipinski definition) is 4. The molecule has 0 saturated carbocycles. The molecular weight excluding hydrogens is 407 g/mol. The Morgan fingerprint density at radius 3 is 1.27 bits per heavy atom. The molecule has 0 spiro atoms. The van der Waals surface area contributed by atoms with Crippen molar-refractivity contribution in [3.05, 3.63) is 0 Å². The van der Waals surface area contributed by atoms with E-state index >= 15 is 0 Å². The second-order valence-electron chi connectivity index (χ2n) is 8.85. The third-order valence-corrected chi connectivity index (χ3v) is 7.34. The molecule has 0 bridgehead atoms. The van der Waals surface area contributed by atoms with E-state index in [0.717, 1.165) is 38.5 Å². The van der Waals surface area contributed by atoms with Crippen molar-refractivity contribution >= 4 is 10.1 Å². The Kier molecular flexibility index (Phi) is 25.4. The molecule has 0 aromatic rings. The minimum atomic E-state index is -4.11. The Hall–Kier alpha value is 0.870. The normalized spacial score (nSPS) is 13.7. The molecule has 176 valence electrons. The van der Waals surface area contributed by atoms with Crippen molar-refractivity contribution in [1.29, 1.82) is 0 Å². The summed E-state index contributed by atoms with van der Waals surface area (Å²) in [5.74, 6) is 0. The van der Waals surface area contributed by atoms with Gasteiger partial charge in [0.2, 0.25) is 0 Å². The van der Waals surface area contributed by atoms with E-state index in [1.54, 1.807) is 0 Å². The molecule has 0 aromatic heterocycles. The summed E-state index contributed by atoms with van der Waals surface area (Å²) >= 11 is 0. The van der Waals surface area contributed by atoms with Crippen LogP contribution in [0.25, 0.3) is 0 Å². The molecule has 0 aliphatic heterocycles. The van der Waals surface area contributed by atoms with E-state index in [9.17, 15) is 18.1 Å². The van der Waals surface area contributed by atoms with Gasteiger partial charge in [0.25, 0.3) is 0 Å². The summed E-state index contributed by atoms with van der Waals surface area (Å²) in [4.78, 5) is 0. The zero-order chi connectivity index (χ0) is 21.8. The van der Waals surface area contributed by atoms with Gasteiger partial charge in [-0.3, -0.25) is 0 Å². The number of hydrogen-bond donors (Lipinski definition) is 1. The molecule has 0 heterocycles. The largest absolute Gasteiger partial charge is 1.00 e. The van der Waals surface area contributed by atoms with E-state index in [-0.39, 0.29) is 35.7 Å². The van der Waals surface area contributed by atoms with Gasteiger partial charge in [-0.1, -0.05) is 117 Å². The van der Waals surface area contributed by atoms with Crippen LogP contribution in [0.3, 0.4) is 0 Å². The second kappa shape index (κ2) is 23.0. The van der Waals surface area contributed by atoms with Gasteiger partial charge in [-0.2, -0.15) is 0 Å². The van der Waals surface area contributed by atoms with E-state index in [1.807, 2.05) is 13.8 Å². The number of aliphatic hydroxyl groups is 1. The molecule has 0 fully saturated rings. The van der Waals surface area contributed by atoms with Crippen LogP contribution in [-0.4, -0.2) is 29.4 Å². The van der Waals surface area contributed by atoms with E-state index in [2.05, 4.69) is 0 Å². The van der Waals surface area contributed by atoms with Crippen LogP contribution in [-0.2, 0) is 10.1 Å². The number of aliphatic hydroxyl groups excluding tert-OH is 1. The van der Waals surface area contributed by atoms with Gasteiger partial charge in [0.1, 0.15) is 0 Å².